The van der Waals surface area contributed by atoms with Crippen molar-refractivity contribution in [3.8, 4) is 5.75 Å². The van der Waals surface area contributed by atoms with E-state index in [-0.39, 0.29) is 11.7 Å². The summed E-state index contributed by atoms with van der Waals surface area (Å²) in [4.78, 5) is 14.2. The van der Waals surface area contributed by atoms with Gasteiger partial charge < -0.3 is 5.11 Å². The number of phenolic OH excluding ortho intramolecular Hbond substituents is 1. The summed E-state index contributed by atoms with van der Waals surface area (Å²) in [6.45, 7) is 2.25. The molecule has 0 saturated carbocycles. The van der Waals surface area contributed by atoms with Crippen LogP contribution in [-0.4, -0.2) is 17.2 Å². The number of nitrogens with one attached hydrogen (secondary N) is 1. The molecule has 1 aliphatic rings. The number of hydrazone groups is 1. The van der Waals surface area contributed by atoms with Gasteiger partial charge in [-0.3, -0.25) is 4.79 Å². The zero-order valence-corrected chi connectivity index (χ0v) is 13.2. The monoisotopic (exact) mass is 314 g/mol. The fourth-order valence-electron chi connectivity index (χ4n) is 2.63. The average Bonchev–Trinajstić information content (AvgIpc) is 2.92. The van der Waals surface area contributed by atoms with Gasteiger partial charge in [-0.1, -0.05) is 19.1 Å². The number of benzene rings is 1. The second-order valence-corrected chi connectivity index (χ2v) is 6.80. The Morgan fingerprint density at radius 3 is 3.09 bits per heavy atom. The van der Waals surface area contributed by atoms with Gasteiger partial charge in [-0.25, -0.2) is 5.43 Å². The third-order valence-electron chi connectivity index (χ3n) is 3.86. The van der Waals surface area contributed by atoms with Crippen LogP contribution in [0.2, 0.25) is 0 Å². The van der Waals surface area contributed by atoms with Gasteiger partial charge in [0.05, 0.1) is 11.1 Å². The molecular weight excluding hydrogens is 296 g/mol. The highest BCUT2D eigenvalue weighted by Crippen LogP contribution is 2.32. The lowest BCUT2D eigenvalue weighted by atomic mass is 9.90. The van der Waals surface area contributed by atoms with Gasteiger partial charge in [0.15, 0.2) is 0 Å². The van der Waals surface area contributed by atoms with Gasteiger partial charge in [0.2, 0.25) is 0 Å². The smallest absolute Gasteiger partial charge is 0.281 e. The molecular formula is C17H18N2O2S. The molecule has 1 heterocycles. The van der Waals surface area contributed by atoms with Gasteiger partial charge in [-0.15, -0.1) is 11.3 Å². The Morgan fingerprint density at radius 2 is 2.27 bits per heavy atom. The molecule has 22 heavy (non-hydrogen) atoms. The molecule has 3 rings (SSSR count). The van der Waals surface area contributed by atoms with E-state index >= 15 is 0 Å². The number of rotatable bonds is 3. The van der Waals surface area contributed by atoms with Crippen molar-refractivity contribution in [3.63, 3.8) is 0 Å². The Balaban J connectivity index is 1.67. The van der Waals surface area contributed by atoms with Crippen LogP contribution in [0.1, 0.15) is 39.0 Å². The second-order valence-electron chi connectivity index (χ2n) is 5.66. The Morgan fingerprint density at radius 1 is 1.45 bits per heavy atom. The SMILES string of the molecule is C[C@@H]1CCc2sc(C(=O)N/N=C/c3ccccc3O)cc2C1. The Hall–Kier alpha value is -2.14. The van der Waals surface area contributed by atoms with Crippen LogP contribution in [0.25, 0.3) is 0 Å². The predicted octanol–water partition coefficient (Wildman–Crippen LogP) is 3.34. The van der Waals surface area contributed by atoms with E-state index in [1.54, 1.807) is 35.6 Å². The fraction of sp³-hybridized carbons (Fsp3) is 0.294. The summed E-state index contributed by atoms with van der Waals surface area (Å²) in [5.74, 6) is 0.636. The second kappa shape index (κ2) is 6.32. The first kappa shape index (κ1) is 14.8. The highest BCUT2D eigenvalue weighted by Gasteiger charge is 2.20. The first-order valence-electron chi connectivity index (χ1n) is 7.36. The van der Waals surface area contributed by atoms with Gasteiger partial charge in [-0.2, -0.15) is 5.10 Å². The van der Waals surface area contributed by atoms with Crippen LogP contribution in [0.3, 0.4) is 0 Å². The van der Waals surface area contributed by atoms with Crippen molar-refractivity contribution in [2.24, 2.45) is 11.0 Å². The van der Waals surface area contributed by atoms with Crippen LogP contribution >= 0.6 is 11.3 Å². The van der Waals surface area contributed by atoms with E-state index in [9.17, 15) is 9.90 Å². The highest BCUT2D eigenvalue weighted by molar-refractivity contribution is 7.14. The van der Waals surface area contributed by atoms with Crippen molar-refractivity contribution in [3.05, 3.63) is 51.2 Å². The molecule has 0 fully saturated rings. The molecule has 1 aliphatic carbocycles. The van der Waals surface area contributed by atoms with E-state index in [0.29, 0.717) is 16.4 Å². The van der Waals surface area contributed by atoms with E-state index < -0.39 is 0 Å². The lowest BCUT2D eigenvalue weighted by Crippen LogP contribution is -2.16. The molecule has 0 bridgehead atoms. The normalized spacial score (nSPS) is 17.4. The van der Waals surface area contributed by atoms with Crippen molar-refractivity contribution in [1.82, 2.24) is 5.43 Å². The molecule has 0 saturated heterocycles. The zero-order valence-electron chi connectivity index (χ0n) is 12.4. The number of hydrogen-bond donors (Lipinski definition) is 2. The Bertz CT molecular complexity index is 721. The van der Waals surface area contributed by atoms with Crippen molar-refractivity contribution < 1.29 is 9.90 Å². The van der Waals surface area contributed by atoms with Crippen LogP contribution in [0.5, 0.6) is 5.75 Å². The van der Waals surface area contributed by atoms with Crippen LogP contribution in [-0.2, 0) is 12.8 Å². The number of carbonyl (C=O) groups is 1. The van der Waals surface area contributed by atoms with E-state index in [1.807, 2.05) is 6.07 Å². The number of amides is 1. The minimum atomic E-state index is -0.196. The molecule has 1 atom stereocenters. The predicted molar refractivity (Wildman–Crippen MR) is 88.7 cm³/mol. The van der Waals surface area contributed by atoms with Crippen molar-refractivity contribution >= 4 is 23.5 Å². The van der Waals surface area contributed by atoms with Crippen LogP contribution in [0, 0.1) is 5.92 Å². The summed E-state index contributed by atoms with van der Waals surface area (Å²) in [5, 5.41) is 13.5. The molecule has 0 aliphatic heterocycles. The molecule has 114 valence electrons. The van der Waals surface area contributed by atoms with E-state index in [4.69, 9.17) is 0 Å². The van der Waals surface area contributed by atoms with Crippen molar-refractivity contribution in [2.75, 3.05) is 0 Å². The molecule has 1 aromatic heterocycles. The van der Waals surface area contributed by atoms with Crippen LogP contribution in [0.15, 0.2) is 35.4 Å². The van der Waals surface area contributed by atoms with Gasteiger partial charge in [0, 0.05) is 10.4 Å². The minimum Gasteiger partial charge on any atom is -0.507 e. The standard InChI is InChI=1S/C17H18N2O2S/c1-11-6-7-15-13(8-11)9-16(22-15)17(21)19-18-10-12-4-2-3-5-14(12)20/h2-5,9-11,20H,6-8H2,1H3,(H,19,21)/b18-10+/t11-/m1/s1. The molecule has 2 N–H and O–H groups in total. The summed E-state index contributed by atoms with van der Waals surface area (Å²) in [7, 11) is 0. The van der Waals surface area contributed by atoms with Gasteiger partial charge in [-0.05, 0) is 48.9 Å². The summed E-state index contributed by atoms with van der Waals surface area (Å²) in [5.41, 5.74) is 4.40. The lowest BCUT2D eigenvalue weighted by molar-refractivity contribution is 0.0959. The van der Waals surface area contributed by atoms with E-state index in [1.165, 1.54) is 23.1 Å². The number of aryl methyl sites for hydroxylation is 1. The first-order chi connectivity index (χ1) is 10.6. The van der Waals surface area contributed by atoms with E-state index in [2.05, 4.69) is 17.5 Å². The van der Waals surface area contributed by atoms with Crippen molar-refractivity contribution in [2.45, 2.75) is 26.2 Å². The quantitative estimate of drug-likeness (QED) is 0.674. The zero-order chi connectivity index (χ0) is 15.5. The number of fused-ring (bicyclic) bond motifs is 1. The van der Waals surface area contributed by atoms with Crippen LogP contribution in [0.4, 0.5) is 0 Å². The number of nitrogens with zero attached hydrogens (tertiary/aromatic N) is 1. The molecule has 4 nitrogen and oxygen atoms in total. The van der Waals surface area contributed by atoms with Gasteiger partial charge in [0.1, 0.15) is 5.75 Å². The molecule has 5 heteroatoms. The molecule has 0 unspecified atom stereocenters. The largest absolute Gasteiger partial charge is 0.507 e. The first-order valence-corrected chi connectivity index (χ1v) is 8.18. The van der Waals surface area contributed by atoms with Crippen molar-refractivity contribution in [1.29, 1.82) is 0 Å². The summed E-state index contributed by atoms with van der Waals surface area (Å²) in [6.07, 6.45) is 4.76. The maximum Gasteiger partial charge on any atom is 0.281 e. The summed E-state index contributed by atoms with van der Waals surface area (Å²) in [6, 6.07) is 8.84. The average molecular weight is 314 g/mol. The highest BCUT2D eigenvalue weighted by atomic mass is 32.1. The third-order valence-corrected chi connectivity index (χ3v) is 5.10. The molecule has 0 radical (unpaired) electrons. The third kappa shape index (κ3) is 3.20. The van der Waals surface area contributed by atoms with Gasteiger partial charge in [0.25, 0.3) is 5.91 Å². The maximum absolute atomic E-state index is 12.1. The topological polar surface area (TPSA) is 61.7 Å². The maximum atomic E-state index is 12.1. The van der Waals surface area contributed by atoms with Crippen LogP contribution < -0.4 is 5.43 Å². The number of aromatic hydroxyl groups is 1. The Labute approximate surface area is 133 Å². The molecule has 1 amide bonds. The number of phenols is 1. The number of hydrogen-bond acceptors (Lipinski definition) is 4. The summed E-state index contributed by atoms with van der Waals surface area (Å²) < 4.78 is 0. The number of carbonyl (C=O) groups excluding carboxylic acids is 1. The van der Waals surface area contributed by atoms with E-state index in [0.717, 1.165) is 12.8 Å². The van der Waals surface area contributed by atoms with Gasteiger partial charge >= 0.3 is 0 Å². The number of para-hydroxylation sites is 1. The number of thiophene rings is 1. The molecule has 2 aromatic rings. The molecule has 1 aromatic carbocycles. The summed E-state index contributed by atoms with van der Waals surface area (Å²) >= 11 is 1.56. The Kier molecular flexibility index (Phi) is 4.24. The lowest BCUT2D eigenvalue weighted by Gasteiger charge is -2.16. The fourth-order valence-corrected chi connectivity index (χ4v) is 3.73. The molecule has 0 spiro atoms. The minimum absolute atomic E-state index is 0.140.